The Morgan fingerprint density at radius 3 is 2.00 bits per heavy atom. The van der Waals surface area contributed by atoms with Gasteiger partial charge in [-0.1, -0.05) is 36.4 Å². The predicted octanol–water partition coefficient (Wildman–Crippen LogP) is 0.932. The van der Waals surface area contributed by atoms with Gasteiger partial charge < -0.3 is 15.1 Å². The second-order valence-corrected chi connectivity index (χ2v) is 2.82. The summed E-state index contributed by atoms with van der Waals surface area (Å²) in [5.74, 6) is 0.100. The molecular weight excluding hydrogens is 195 g/mol. The van der Waals surface area contributed by atoms with E-state index in [9.17, 15) is 5.11 Å². The van der Waals surface area contributed by atoms with Gasteiger partial charge in [-0.25, -0.2) is 0 Å². The molecule has 0 aliphatic carbocycles. The van der Waals surface area contributed by atoms with E-state index in [2.05, 4.69) is 0 Å². The van der Waals surface area contributed by atoms with Crippen LogP contribution in [0, 0.1) is 0 Å². The molecule has 2 aromatic rings. The quantitative estimate of drug-likeness (QED) is 0.559. The summed E-state index contributed by atoms with van der Waals surface area (Å²) in [6.07, 6.45) is 0. The van der Waals surface area contributed by atoms with E-state index < -0.39 is 7.32 Å². The summed E-state index contributed by atoms with van der Waals surface area (Å²) < 4.78 is 0. The minimum absolute atomic E-state index is 0.100. The lowest BCUT2D eigenvalue weighted by Crippen LogP contribution is -2.07. The van der Waals surface area contributed by atoms with Crippen molar-refractivity contribution in [1.82, 2.24) is 0 Å². The molecule has 0 saturated heterocycles. The smallest absolute Gasteiger partial charge is 0.402 e. The Hall–Kier alpha value is -1.56. The molecule has 0 bridgehead atoms. The third kappa shape index (κ3) is 3.59. The first-order chi connectivity index (χ1) is 7.11. The third-order valence-electron chi connectivity index (χ3n) is 1.75. The van der Waals surface area contributed by atoms with Crippen LogP contribution < -0.4 is 0 Å². The fourth-order valence-corrected chi connectivity index (χ4v) is 1.20. The molecule has 15 heavy (non-hydrogen) atoms. The maximum atomic E-state index is 11.2. The first-order valence-corrected chi connectivity index (χ1v) is 4.30. The molecule has 0 amide bonds. The van der Waals surface area contributed by atoms with E-state index in [0.29, 0.717) is 0 Å². The summed E-state index contributed by atoms with van der Waals surface area (Å²) in [5, 5.41) is 34.5. The molecule has 5 heteroatoms. The molecule has 0 aliphatic rings. The fraction of sp³-hybridized carbons (Fsp3) is 0. The normalized spacial score (nSPS) is 9.27. The van der Waals surface area contributed by atoms with Crippen LogP contribution in [-0.2, 0) is 5.11 Å². The van der Waals surface area contributed by atoms with Crippen LogP contribution in [0.15, 0.2) is 42.5 Å². The van der Waals surface area contributed by atoms with Crippen LogP contribution in [-0.4, -0.2) is 22.4 Å². The highest BCUT2D eigenvalue weighted by molar-refractivity contribution is 6.30. The lowest BCUT2D eigenvalue weighted by atomic mass is 10.1. The molecule has 0 fully saturated rings. The van der Waals surface area contributed by atoms with Crippen LogP contribution in [0.25, 0.3) is 10.8 Å². The Kier molecular flexibility index (Phi) is 4.11. The Labute approximate surface area is 87.2 Å². The summed E-state index contributed by atoms with van der Waals surface area (Å²) in [5.41, 5.74) is 0. The molecule has 0 aromatic heterocycles. The third-order valence-corrected chi connectivity index (χ3v) is 1.75. The molecule has 0 unspecified atom stereocenters. The average molecular weight is 205 g/mol. The van der Waals surface area contributed by atoms with Crippen molar-refractivity contribution < 1.29 is 20.2 Å². The molecule has 0 saturated carbocycles. The molecule has 0 heterocycles. The standard InChI is InChI=1S/C10H7O.BH3O3/c11-10-7-3-5-8-4-1-2-6-9(8)10;2-1(3)4/h1-7H;2-4H. The van der Waals surface area contributed by atoms with E-state index in [1.54, 1.807) is 12.1 Å². The maximum Gasteiger partial charge on any atom is 0.631 e. The predicted molar refractivity (Wildman–Crippen MR) is 56.5 cm³/mol. The van der Waals surface area contributed by atoms with Gasteiger partial charge in [0, 0.05) is 5.39 Å². The number of rotatable bonds is 0. The topological polar surface area (TPSA) is 80.6 Å². The lowest BCUT2D eigenvalue weighted by molar-refractivity contribution is 0.278. The molecule has 2 aromatic carbocycles. The first-order valence-electron chi connectivity index (χ1n) is 4.30. The number of hydrogen-bond acceptors (Lipinski definition) is 3. The Morgan fingerprint density at radius 2 is 1.40 bits per heavy atom. The van der Waals surface area contributed by atoms with Gasteiger partial charge in [-0.05, 0) is 11.5 Å². The molecule has 0 atom stereocenters. The van der Waals surface area contributed by atoms with Crippen molar-refractivity contribution in [2.24, 2.45) is 0 Å². The Bertz CT molecular complexity index is 422. The van der Waals surface area contributed by atoms with Crippen molar-refractivity contribution in [3.8, 4) is 5.75 Å². The van der Waals surface area contributed by atoms with E-state index in [1.807, 2.05) is 30.3 Å². The van der Waals surface area contributed by atoms with Crippen LogP contribution in [0.4, 0.5) is 0 Å². The van der Waals surface area contributed by atoms with Crippen LogP contribution >= 0.6 is 0 Å². The van der Waals surface area contributed by atoms with Gasteiger partial charge in [0.05, 0.1) is 0 Å². The first kappa shape index (κ1) is 11.5. The van der Waals surface area contributed by atoms with Gasteiger partial charge >= 0.3 is 7.32 Å². The van der Waals surface area contributed by atoms with Crippen LogP contribution in [0.3, 0.4) is 0 Å². The van der Waals surface area contributed by atoms with Gasteiger partial charge in [0.1, 0.15) is 0 Å². The van der Waals surface area contributed by atoms with Crippen molar-refractivity contribution in [2.75, 3.05) is 0 Å². The number of benzene rings is 2. The second-order valence-electron chi connectivity index (χ2n) is 2.82. The molecule has 0 spiro atoms. The zero-order valence-corrected chi connectivity index (χ0v) is 7.87. The van der Waals surface area contributed by atoms with Crippen LogP contribution in [0.2, 0.25) is 0 Å². The summed E-state index contributed by atoms with van der Waals surface area (Å²) in [4.78, 5) is 0. The molecule has 1 radical (unpaired) electrons. The zero-order valence-electron chi connectivity index (χ0n) is 7.87. The van der Waals surface area contributed by atoms with Gasteiger partial charge in [-0.3, -0.25) is 5.11 Å². The van der Waals surface area contributed by atoms with Crippen molar-refractivity contribution in [1.29, 1.82) is 0 Å². The van der Waals surface area contributed by atoms with E-state index >= 15 is 0 Å². The van der Waals surface area contributed by atoms with Crippen molar-refractivity contribution in [3.05, 3.63) is 42.5 Å². The SMILES string of the molecule is OB(O)O.[O]c1cccc2ccccc12. The van der Waals surface area contributed by atoms with Gasteiger partial charge in [0.25, 0.3) is 0 Å². The summed E-state index contributed by atoms with van der Waals surface area (Å²) in [6, 6.07) is 12.9. The van der Waals surface area contributed by atoms with Gasteiger partial charge in [-0.2, -0.15) is 0 Å². The molecule has 4 nitrogen and oxygen atoms in total. The van der Waals surface area contributed by atoms with Gasteiger partial charge in [-0.15, -0.1) is 0 Å². The van der Waals surface area contributed by atoms with Gasteiger partial charge in [0.2, 0.25) is 0 Å². The Morgan fingerprint density at radius 1 is 0.867 bits per heavy atom. The maximum absolute atomic E-state index is 11.2. The number of fused-ring (bicyclic) bond motifs is 1. The highest BCUT2D eigenvalue weighted by Crippen LogP contribution is 2.23. The summed E-state index contributed by atoms with van der Waals surface area (Å²) in [6.45, 7) is 0. The molecule has 3 N–H and O–H groups in total. The number of hydrogen-bond donors (Lipinski definition) is 3. The van der Waals surface area contributed by atoms with E-state index in [4.69, 9.17) is 15.1 Å². The van der Waals surface area contributed by atoms with Crippen LogP contribution in [0.1, 0.15) is 0 Å². The van der Waals surface area contributed by atoms with Crippen molar-refractivity contribution >= 4 is 18.1 Å². The average Bonchev–Trinajstić information content (AvgIpc) is 2.18. The highest BCUT2D eigenvalue weighted by Gasteiger charge is 1.96. The van der Waals surface area contributed by atoms with E-state index in [-0.39, 0.29) is 5.75 Å². The van der Waals surface area contributed by atoms with Crippen molar-refractivity contribution in [2.45, 2.75) is 0 Å². The van der Waals surface area contributed by atoms with E-state index in [0.717, 1.165) is 10.8 Å². The highest BCUT2D eigenvalue weighted by atomic mass is 16.5. The fourth-order valence-electron chi connectivity index (χ4n) is 1.20. The second kappa shape index (κ2) is 5.36. The summed E-state index contributed by atoms with van der Waals surface area (Å²) in [7, 11) is -2.17. The molecule has 77 valence electrons. The minimum atomic E-state index is -2.17. The summed E-state index contributed by atoms with van der Waals surface area (Å²) >= 11 is 0. The molecular formula is C10H10BO4. The Balaban J connectivity index is 0.000000245. The largest absolute Gasteiger partial charge is 0.631 e. The monoisotopic (exact) mass is 205 g/mol. The lowest BCUT2D eigenvalue weighted by Gasteiger charge is -1.95. The molecule has 0 aliphatic heterocycles. The van der Waals surface area contributed by atoms with Crippen LogP contribution in [0.5, 0.6) is 5.75 Å². The van der Waals surface area contributed by atoms with Gasteiger partial charge in [0.15, 0.2) is 5.75 Å². The zero-order chi connectivity index (χ0) is 11.3. The van der Waals surface area contributed by atoms with Crippen molar-refractivity contribution in [3.63, 3.8) is 0 Å². The minimum Gasteiger partial charge on any atom is -0.402 e. The van der Waals surface area contributed by atoms with E-state index in [1.165, 1.54) is 0 Å². The molecule has 2 rings (SSSR count).